The molecule has 0 spiro atoms. The number of nitrogens with zero attached hydrogens (tertiary/aromatic N) is 5. The maximum absolute atomic E-state index is 5.04. The SMILES string of the molecule is CCc1c(C)nc(C)c(-c2ccc3c(c2)CCN(c2ncnc4sccc24)C3)c1N1CCC(C)(C)CC1. The van der Waals surface area contributed by atoms with Gasteiger partial charge in [-0.3, -0.25) is 4.98 Å². The highest BCUT2D eigenvalue weighted by Crippen LogP contribution is 2.42. The Bertz CT molecular complexity index is 1460. The molecule has 0 saturated carbocycles. The van der Waals surface area contributed by atoms with Crippen LogP contribution < -0.4 is 9.80 Å². The number of pyridine rings is 1. The van der Waals surface area contributed by atoms with E-state index in [2.05, 4.69) is 84.0 Å². The first-order valence-corrected chi connectivity index (χ1v) is 14.5. The van der Waals surface area contributed by atoms with Crippen molar-refractivity contribution in [2.75, 3.05) is 29.4 Å². The van der Waals surface area contributed by atoms with Gasteiger partial charge >= 0.3 is 0 Å². The maximum atomic E-state index is 5.04. The molecule has 2 aliphatic heterocycles. The van der Waals surface area contributed by atoms with Crippen LogP contribution in [0.2, 0.25) is 0 Å². The lowest BCUT2D eigenvalue weighted by Crippen LogP contribution is -2.38. The molecule has 1 saturated heterocycles. The number of fused-ring (bicyclic) bond motifs is 2. The Morgan fingerprint density at radius 2 is 1.76 bits per heavy atom. The second kappa shape index (κ2) is 9.39. The van der Waals surface area contributed by atoms with Gasteiger partial charge in [0.05, 0.1) is 11.1 Å². The number of benzene rings is 1. The normalized spacial score (nSPS) is 17.3. The largest absolute Gasteiger partial charge is 0.371 e. The van der Waals surface area contributed by atoms with Crippen LogP contribution >= 0.6 is 11.3 Å². The summed E-state index contributed by atoms with van der Waals surface area (Å²) in [5.74, 6) is 1.06. The zero-order chi connectivity index (χ0) is 25.7. The molecule has 1 aromatic carbocycles. The second-order valence-corrected chi connectivity index (χ2v) is 12.4. The van der Waals surface area contributed by atoms with Crippen LogP contribution in [-0.2, 0) is 19.4 Å². The van der Waals surface area contributed by atoms with E-state index >= 15 is 0 Å². The monoisotopic (exact) mass is 511 g/mol. The molecule has 0 radical (unpaired) electrons. The van der Waals surface area contributed by atoms with Crippen molar-refractivity contribution in [3.05, 3.63) is 64.1 Å². The van der Waals surface area contributed by atoms with E-state index in [0.29, 0.717) is 5.41 Å². The van der Waals surface area contributed by atoms with Crippen LogP contribution in [0.1, 0.15) is 61.7 Å². The van der Waals surface area contributed by atoms with Gasteiger partial charge in [0.2, 0.25) is 0 Å². The van der Waals surface area contributed by atoms with Crippen molar-refractivity contribution in [2.45, 2.75) is 66.8 Å². The fourth-order valence-corrected chi connectivity index (χ4v) is 6.97. The second-order valence-electron chi connectivity index (χ2n) is 11.5. The summed E-state index contributed by atoms with van der Waals surface area (Å²) in [6.07, 6.45) is 6.20. The number of aromatic nitrogens is 3. The standard InChI is InChI=1S/C31H37N5S/c1-6-25-20(2)34-21(3)27(28(25)35-14-11-31(4,5)12-15-35)23-7-8-24-18-36(13-9-22(24)17-23)29-26-10-16-37-30(26)33-19-32-29/h7-8,10,16-17,19H,6,9,11-15,18H2,1-5H3. The average Bonchev–Trinajstić information content (AvgIpc) is 3.37. The molecule has 4 aromatic rings. The molecular formula is C31H37N5S. The molecule has 1 fully saturated rings. The van der Waals surface area contributed by atoms with E-state index in [4.69, 9.17) is 4.98 Å². The molecule has 0 amide bonds. The van der Waals surface area contributed by atoms with Crippen molar-refractivity contribution in [3.63, 3.8) is 0 Å². The number of rotatable bonds is 4. The van der Waals surface area contributed by atoms with Crippen molar-refractivity contribution in [1.29, 1.82) is 0 Å². The van der Waals surface area contributed by atoms with Crippen LogP contribution in [0.4, 0.5) is 11.5 Å². The van der Waals surface area contributed by atoms with Gasteiger partial charge in [0, 0.05) is 43.1 Å². The molecular weight excluding hydrogens is 474 g/mol. The summed E-state index contributed by atoms with van der Waals surface area (Å²) in [5.41, 5.74) is 11.1. The Labute approximate surface area is 224 Å². The Balaban J connectivity index is 1.37. The van der Waals surface area contributed by atoms with E-state index in [1.807, 2.05) is 0 Å². The zero-order valence-electron chi connectivity index (χ0n) is 22.8. The first-order valence-electron chi connectivity index (χ1n) is 13.6. The Morgan fingerprint density at radius 1 is 0.946 bits per heavy atom. The number of aryl methyl sites for hydroxylation is 2. The van der Waals surface area contributed by atoms with Crippen molar-refractivity contribution < 1.29 is 0 Å². The smallest absolute Gasteiger partial charge is 0.141 e. The number of hydrogen-bond donors (Lipinski definition) is 0. The lowest BCUT2D eigenvalue weighted by atomic mass is 9.82. The van der Waals surface area contributed by atoms with E-state index in [1.165, 1.54) is 52.0 Å². The van der Waals surface area contributed by atoms with E-state index < -0.39 is 0 Å². The van der Waals surface area contributed by atoms with Crippen LogP contribution in [0.5, 0.6) is 0 Å². The zero-order valence-corrected chi connectivity index (χ0v) is 23.6. The number of thiophene rings is 1. The van der Waals surface area contributed by atoms with Crippen molar-refractivity contribution >= 4 is 33.1 Å². The molecule has 6 heteroatoms. The lowest BCUT2D eigenvalue weighted by Gasteiger charge is -2.40. The molecule has 0 aliphatic carbocycles. The minimum atomic E-state index is 0.427. The molecule has 0 bridgehead atoms. The van der Waals surface area contributed by atoms with Gasteiger partial charge in [-0.1, -0.05) is 39.0 Å². The molecule has 0 unspecified atom stereocenters. The van der Waals surface area contributed by atoms with Crippen LogP contribution in [0.25, 0.3) is 21.3 Å². The molecule has 192 valence electrons. The minimum Gasteiger partial charge on any atom is -0.371 e. The fourth-order valence-electron chi connectivity index (χ4n) is 6.24. The highest BCUT2D eigenvalue weighted by Gasteiger charge is 2.30. The van der Waals surface area contributed by atoms with Crippen molar-refractivity contribution in [2.24, 2.45) is 5.41 Å². The first kappa shape index (κ1) is 24.4. The van der Waals surface area contributed by atoms with Gasteiger partial charge in [-0.15, -0.1) is 11.3 Å². The average molecular weight is 512 g/mol. The molecule has 3 aromatic heterocycles. The van der Waals surface area contributed by atoms with Crippen LogP contribution in [0, 0.1) is 19.3 Å². The topological polar surface area (TPSA) is 45.2 Å². The maximum Gasteiger partial charge on any atom is 0.141 e. The van der Waals surface area contributed by atoms with Crippen molar-refractivity contribution in [1.82, 2.24) is 15.0 Å². The van der Waals surface area contributed by atoms with Gasteiger partial charge in [-0.25, -0.2) is 9.97 Å². The Hall–Kier alpha value is -2.99. The summed E-state index contributed by atoms with van der Waals surface area (Å²) in [4.78, 5) is 20.3. The third kappa shape index (κ3) is 4.39. The van der Waals surface area contributed by atoms with E-state index in [9.17, 15) is 0 Å². The molecule has 0 N–H and O–H groups in total. The van der Waals surface area contributed by atoms with Crippen LogP contribution in [-0.4, -0.2) is 34.6 Å². The van der Waals surface area contributed by atoms with E-state index in [0.717, 1.165) is 60.7 Å². The molecule has 0 atom stereocenters. The molecule has 37 heavy (non-hydrogen) atoms. The first-order chi connectivity index (χ1) is 17.8. The van der Waals surface area contributed by atoms with Gasteiger partial charge in [-0.2, -0.15) is 0 Å². The van der Waals surface area contributed by atoms with Crippen LogP contribution in [0.15, 0.2) is 36.0 Å². The predicted molar refractivity (Wildman–Crippen MR) is 156 cm³/mol. The van der Waals surface area contributed by atoms with Gasteiger partial charge in [0.1, 0.15) is 17.0 Å². The Morgan fingerprint density at radius 3 is 2.54 bits per heavy atom. The third-order valence-corrected chi connectivity index (χ3v) is 9.31. The minimum absolute atomic E-state index is 0.427. The fraction of sp³-hybridized carbons (Fsp3) is 0.452. The summed E-state index contributed by atoms with van der Waals surface area (Å²) < 4.78 is 0. The molecule has 5 nitrogen and oxygen atoms in total. The molecule has 2 aliphatic rings. The number of piperidine rings is 1. The number of hydrogen-bond acceptors (Lipinski definition) is 6. The highest BCUT2D eigenvalue weighted by atomic mass is 32.1. The van der Waals surface area contributed by atoms with Crippen LogP contribution in [0.3, 0.4) is 0 Å². The lowest BCUT2D eigenvalue weighted by molar-refractivity contribution is 0.279. The van der Waals surface area contributed by atoms with Gasteiger partial charge in [0.15, 0.2) is 0 Å². The van der Waals surface area contributed by atoms with E-state index in [-0.39, 0.29) is 0 Å². The van der Waals surface area contributed by atoms with Crippen molar-refractivity contribution in [3.8, 4) is 11.1 Å². The summed E-state index contributed by atoms with van der Waals surface area (Å²) in [6, 6.07) is 9.27. The quantitative estimate of drug-likeness (QED) is 0.292. The molecule has 5 heterocycles. The summed E-state index contributed by atoms with van der Waals surface area (Å²) in [5, 5.41) is 3.27. The predicted octanol–water partition coefficient (Wildman–Crippen LogP) is 7.12. The number of anilines is 2. The highest BCUT2D eigenvalue weighted by molar-refractivity contribution is 7.16. The summed E-state index contributed by atoms with van der Waals surface area (Å²) in [7, 11) is 0. The van der Waals surface area contributed by atoms with Gasteiger partial charge < -0.3 is 9.80 Å². The molecule has 6 rings (SSSR count). The van der Waals surface area contributed by atoms with Gasteiger partial charge in [-0.05, 0) is 78.6 Å². The Kier molecular flexibility index (Phi) is 6.18. The van der Waals surface area contributed by atoms with E-state index in [1.54, 1.807) is 17.7 Å². The summed E-state index contributed by atoms with van der Waals surface area (Å²) >= 11 is 1.68. The van der Waals surface area contributed by atoms with Gasteiger partial charge in [0.25, 0.3) is 0 Å². The third-order valence-electron chi connectivity index (χ3n) is 8.49. The summed E-state index contributed by atoms with van der Waals surface area (Å²) in [6.45, 7) is 15.6.